The monoisotopic (exact) mass is 425 g/mol. The molecular weight excluding hydrogens is 402 g/mol. The van der Waals surface area contributed by atoms with Crippen molar-refractivity contribution in [1.29, 1.82) is 0 Å². The number of nitrogens with zero attached hydrogens (tertiary/aromatic N) is 7. The maximum absolute atomic E-state index is 12.9. The van der Waals surface area contributed by atoms with Crippen molar-refractivity contribution in [2.75, 3.05) is 26.4 Å². The van der Waals surface area contributed by atoms with Gasteiger partial charge in [-0.15, -0.1) is 10.2 Å². The van der Waals surface area contributed by atoms with E-state index in [2.05, 4.69) is 15.1 Å². The van der Waals surface area contributed by atoms with Crippen molar-refractivity contribution in [2.45, 2.75) is 11.6 Å². The summed E-state index contributed by atoms with van der Waals surface area (Å²) in [4.78, 5) is 32.3. The van der Waals surface area contributed by atoms with E-state index in [-0.39, 0.29) is 5.39 Å². The molecule has 0 spiro atoms. The smallest absolute Gasteiger partial charge is 0.309 e. The lowest BCUT2D eigenvalue weighted by molar-refractivity contribution is 0.410. The zero-order chi connectivity index (χ0) is 21.4. The normalized spacial score (nSPS) is 11.8. The highest BCUT2D eigenvalue weighted by Gasteiger charge is 2.21. The molecule has 9 nitrogen and oxygen atoms in total. The van der Waals surface area contributed by atoms with E-state index in [1.165, 1.54) is 11.6 Å². The van der Waals surface area contributed by atoms with Gasteiger partial charge in [-0.25, -0.2) is 9.78 Å². The van der Waals surface area contributed by atoms with Crippen LogP contribution < -0.4 is 11.2 Å². The highest BCUT2D eigenvalue weighted by Crippen LogP contribution is 2.27. The molecule has 0 radical (unpaired) electrons. The summed E-state index contributed by atoms with van der Waals surface area (Å²) < 4.78 is 4.27. The summed E-state index contributed by atoms with van der Waals surface area (Å²) in [5.41, 5.74) is 0.701. The SMILES string of the molecule is CN(C)CCCSc1nnc2c3c(=O)n(C)c(=O)n(C)c3nc(-c3ccccc3)n12. The van der Waals surface area contributed by atoms with Gasteiger partial charge in [0, 0.05) is 25.4 Å². The molecule has 1 aromatic carbocycles. The van der Waals surface area contributed by atoms with Crippen molar-refractivity contribution in [3.05, 3.63) is 51.2 Å². The Morgan fingerprint density at radius 1 is 1.00 bits per heavy atom. The molecule has 4 aromatic rings. The Bertz CT molecular complexity index is 1340. The van der Waals surface area contributed by atoms with E-state index in [0.717, 1.165) is 28.8 Å². The Labute approximate surface area is 177 Å². The van der Waals surface area contributed by atoms with Gasteiger partial charge in [0.2, 0.25) is 0 Å². The van der Waals surface area contributed by atoms with Crippen LogP contribution in [-0.2, 0) is 14.1 Å². The highest BCUT2D eigenvalue weighted by molar-refractivity contribution is 7.99. The van der Waals surface area contributed by atoms with Gasteiger partial charge in [-0.2, -0.15) is 0 Å². The summed E-state index contributed by atoms with van der Waals surface area (Å²) in [5, 5.41) is 9.65. The molecule has 10 heteroatoms. The third kappa shape index (κ3) is 3.41. The lowest BCUT2D eigenvalue weighted by atomic mass is 10.2. The number of benzene rings is 1. The lowest BCUT2D eigenvalue weighted by Gasteiger charge is -2.12. The van der Waals surface area contributed by atoms with Crippen LogP contribution in [0.3, 0.4) is 0 Å². The van der Waals surface area contributed by atoms with Crippen LogP contribution in [0.5, 0.6) is 0 Å². The molecule has 0 saturated carbocycles. The molecule has 3 heterocycles. The van der Waals surface area contributed by atoms with E-state index >= 15 is 0 Å². The Balaban J connectivity index is 1.99. The second-order valence-corrected chi connectivity index (χ2v) is 8.41. The average molecular weight is 426 g/mol. The Morgan fingerprint density at radius 2 is 1.73 bits per heavy atom. The first-order chi connectivity index (χ1) is 14.4. The summed E-state index contributed by atoms with van der Waals surface area (Å²) >= 11 is 1.58. The average Bonchev–Trinajstić information content (AvgIpc) is 3.17. The van der Waals surface area contributed by atoms with E-state index in [0.29, 0.717) is 22.3 Å². The van der Waals surface area contributed by atoms with Gasteiger partial charge in [-0.05, 0) is 27.1 Å². The number of aryl methyl sites for hydroxylation is 1. The molecule has 0 amide bonds. The number of aromatic nitrogens is 6. The van der Waals surface area contributed by atoms with Crippen LogP contribution in [0, 0.1) is 0 Å². The first-order valence-corrected chi connectivity index (χ1v) is 10.6. The van der Waals surface area contributed by atoms with Gasteiger partial charge in [-0.1, -0.05) is 42.1 Å². The third-order valence-electron chi connectivity index (χ3n) is 4.93. The molecule has 4 rings (SSSR count). The zero-order valence-corrected chi connectivity index (χ0v) is 18.2. The van der Waals surface area contributed by atoms with Gasteiger partial charge in [-0.3, -0.25) is 18.3 Å². The Hall–Kier alpha value is -2.98. The van der Waals surface area contributed by atoms with Crippen LogP contribution in [-0.4, -0.2) is 60.0 Å². The van der Waals surface area contributed by atoms with E-state index in [1.54, 1.807) is 18.8 Å². The van der Waals surface area contributed by atoms with Crippen LogP contribution in [0.25, 0.3) is 28.1 Å². The lowest BCUT2D eigenvalue weighted by Crippen LogP contribution is -2.37. The van der Waals surface area contributed by atoms with Gasteiger partial charge >= 0.3 is 5.69 Å². The van der Waals surface area contributed by atoms with Crippen molar-refractivity contribution < 1.29 is 0 Å². The van der Waals surface area contributed by atoms with E-state index in [1.807, 2.05) is 48.8 Å². The Morgan fingerprint density at radius 3 is 2.43 bits per heavy atom. The molecule has 0 unspecified atom stereocenters. The minimum Gasteiger partial charge on any atom is -0.309 e. The number of rotatable bonds is 6. The molecular formula is C20H23N7O2S. The van der Waals surface area contributed by atoms with E-state index in [9.17, 15) is 9.59 Å². The molecule has 0 aliphatic heterocycles. The number of thioether (sulfide) groups is 1. The van der Waals surface area contributed by atoms with Crippen LogP contribution in [0.2, 0.25) is 0 Å². The van der Waals surface area contributed by atoms with Crippen molar-refractivity contribution in [3.63, 3.8) is 0 Å². The maximum atomic E-state index is 12.9. The summed E-state index contributed by atoms with van der Waals surface area (Å²) in [7, 11) is 7.15. The molecule has 3 aromatic heterocycles. The zero-order valence-electron chi connectivity index (χ0n) is 17.4. The number of hydrogen-bond donors (Lipinski definition) is 0. The van der Waals surface area contributed by atoms with Crippen LogP contribution >= 0.6 is 11.8 Å². The summed E-state index contributed by atoms with van der Waals surface area (Å²) in [6.45, 7) is 0.971. The molecule has 156 valence electrons. The van der Waals surface area contributed by atoms with E-state index < -0.39 is 11.2 Å². The molecule has 0 fully saturated rings. The molecule has 0 aliphatic carbocycles. The van der Waals surface area contributed by atoms with E-state index in [4.69, 9.17) is 4.98 Å². The van der Waals surface area contributed by atoms with Gasteiger partial charge in [0.25, 0.3) is 5.56 Å². The summed E-state index contributed by atoms with van der Waals surface area (Å²) in [5.74, 6) is 1.46. The van der Waals surface area contributed by atoms with Crippen molar-refractivity contribution >= 4 is 28.4 Å². The molecule has 0 atom stereocenters. The van der Waals surface area contributed by atoms with Crippen molar-refractivity contribution in [1.82, 2.24) is 33.6 Å². The second kappa shape index (κ2) is 8.04. The first-order valence-electron chi connectivity index (χ1n) is 9.58. The number of fused-ring (bicyclic) bond motifs is 3. The van der Waals surface area contributed by atoms with Gasteiger partial charge in [0.1, 0.15) is 11.2 Å². The third-order valence-corrected chi connectivity index (χ3v) is 5.94. The van der Waals surface area contributed by atoms with Gasteiger partial charge < -0.3 is 4.90 Å². The minimum absolute atomic E-state index is 0.284. The predicted octanol–water partition coefficient (Wildman–Crippen LogP) is 1.39. The van der Waals surface area contributed by atoms with Crippen LogP contribution in [0.15, 0.2) is 45.1 Å². The fourth-order valence-electron chi connectivity index (χ4n) is 3.35. The molecule has 0 aliphatic rings. The Kier molecular flexibility index (Phi) is 5.44. The predicted molar refractivity (Wildman–Crippen MR) is 118 cm³/mol. The fourth-order valence-corrected chi connectivity index (χ4v) is 4.21. The van der Waals surface area contributed by atoms with Crippen LogP contribution in [0.4, 0.5) is 0 Å². The fraction of sp³-hybridized carbons (Fsp3) is 0.350. The van der Waals surface area contributed by atoms with Crippen molar-refractivity contribution in [2.24, 2.45) is 14.1 Å². The first kappa shape index (κ1) is 20.3. The largest absolute Gasteiger partial charge is 0.332 e. The topological polar surface area (TPSA) is 90.3 Å². The highest BCUT2D eigenvalue weighted by atomic mass is 32.2. The summed E-state index contributed by atoms with van der Waals surface area (Å²) in [6.07, 6.45) is 0.991. The second-order valence-electron chi connectivity index (χ2n) is 7.35. The quantitative estimate of drug-likeness (QED) is 0.341. The van der Waals surface area contributed by atoms with Gasteiger partial charge in [0.15, 0.2) is 16.5 Å². The summed E-state index contributed by atoms with van der Waals surface area (Å²) in [6, 6.07) is 9.64. The molecule has 0 bridgehead atoms. The maximum Gasteiger partial charge on any atom is 0.332 e. The number of hydrogen-bond acceptors (Lipinski definition) is 7. The standard InChI is InChI=1S/C20H23N7O2S/c1-24(2)11-8-12-30-19-23-22-17-14-16(25(3)20(29)26(4)18(14)28)21-15(27(17)19)13-9-6-5-7-10-13/h5-7,9-10H,8,11-12H2,1-4H3. The van der Waals surface area contributed by atoms with Crippen molar-refractivity contribution in [3.8, 4) is 11.4 Å². The van der Waals surface area contributed by atoms with Gasteiger partial charge in [0.05, 0.1) is 0 Å². The molecule has 0 saturated heterocycles. The van der Waals surface area contributed by atoms with Crippen LogP contribution in [0.1, 0.15) is 6.42 Å². The molecule has 30 heavy (non-hydrogen) atoms. The molecule has 0 N–H and O–H groups in total. The minimum atomic E-state index is -0.429.